The van der Waals surface area contributed by atoms with Gasteiger partial charge in [0.1, 0.15) is 10.1 Å². The first kappa shape index (κ1) is 36.1. The summed E-state index contributed by atoms with van der Waals surface area (Å²) in [6.45, 7) is 3.27. The zero-order valence-electron chi connectivity index (χ0n) is 22.4. The molecule has 4 rings (SSSR count). The van der Waals surface area contributed by atoms with E-state index < -0.39 is 36.9 Å². The molecule has 0 radical (unpaired) electrons. The molecule has 2 heterocycles. The number of carbonyl (C=O) groups is 1. The van der Waals surface area contributed by atoms with Crippen molar-refractivity contribution in [2.24, 2.45) is 5.10 Å². The van der Waals surface area contributed by atoms with Crippen molar-refractivity contribution in [3.8, 4) is 11.6 Å². The molecule has 1 amide bonds. The summed E-state index contributed by atoms with van der Waals surface area (Å²) < 4.78 is 66.0. The van der Waals surface area contributed by atoms with Crippen molar-refractivity contribution in [3.63, 3.8) is 0 Å². The standard InChI is InChI=1S/C25H22N4O8S2.2K/c1-16-22(24(30)28(26-16)18-8-12-20(13-9-18)38(32,33)34)6-4-3-5-7-23-17(2)27-29(25(23)31)19-10-14-21(15-11-19)39(35,36)37;;/h3-15,30H,1-2H3,(H,32,33,34)(H,35,36,37);;/q;2*+1/p-2. The predicted octanol–water partition coefficient (Wildman–Crippen LogP) is -3.67. The number of nitrogens with zero attached hydrogens (tertiary/aromatic N) is 4. The van der Waals surface area contributed by atoms with Crippen LogP contribution in [-0.2, 0) is 25.0 Å². The summed E-state index contributed by atoms with van der Waals surface area (Å²) in [5.74, 6) is -0.881. The molecule has 202 valence electrons. The zero-order valence-corrected chi connectivity index (χ0v) is 30.3. The average molecular weight is 647 g/mol. The van der Waals surface area contributed by atoms with Crippen LogP contribution in [0.1, 0.15) is 18.2 Å². The van der Waals surface area contributed by atoms with Crippen LogP contribution < -0.4 is 113 Å². The van der Waals surface area contributed by atoms with Gasteiger partial charge in [0, 0.05) is 5.56 Å². The second kappa shape index (κ2) is 14.6. The zero-order chi connectivity index (χ0) is 28.5. The van der Waals surface area contributed by atoms with Crippen LogP contribution in [0.4, 0.5) is 5.69 Å². The predicted molar refractivity (Wildman–Crippen MR) is 139 cm³/mol. The number of rotatable bonds is 7. The normalized spacial score (nSPS) is 14.9. The van der Waals surface area contributed by atoms with Crippen LogP contribution in [-0.4, -0.2) is 47.3 Å². The van der Waals surface area contributed by atoms with E-state index in [1.807, 2.05) is 0 Å². The van der Waals surface area contributed by atoms with Gasteiger partial charge in [-0.1, -0.05) is 24.3 Å². The Labute approximate surface area is 321 Å². The van der Waals surface area contributed by atoms with Gasteiger partial charge in [-0.05, 0) is 74.3 Å². The van der Waals surface area contributed by atoms with Crippen molar-refractivity contribution in [3.05, 3.63) is 89.7 Å². The Balaban J connectivity index is 0.00000294. The fourth-order valence-corrected chi connectivity index (χ4v) is 4.60. The topological polar surface area (TPSA) is 185 Å². The Hall–Kier alpha value is -1.10. The van der Waals surface area contributed by atoms with Crippen LogP contribution in [0.2, 0.25) is 0 Å². The number of hydrogen-bond donors (Lipinski definition) is 1. The summed E-state index contributed by atoms with van der Waals surface area (Å²) in [7, 11) is -8.97. The SMILES string of the molecule is CC1=NN(c2ccc(S(=O)(=O)[O-])cc2)C(=O)C1=CC=CC=Cc1c(C)nn(-c2ccc(S(=O)(=O)O)cc2)c1[O-].[K+].[K+]. The Morgan fingerprint density at radius 1 is 0.854 bits per heavy atom. The molecule has 2 aromatic carbocycles. The van der Waals surface area contributed by atoms with Gasteiger partial charge in [0.15, 0.2) is 0 Å². The van der Waals surface area contributed by atoms with Gasteiger partial charge in [-0.15, -0.1) is 0 Å². The van der Waals surface area contributed by atoms with E-state index in [1.54, 1.807) is 32.1 Å². The summed E-state index contributed by atoms with van der Waals surface area (Å²) in [5.41, 5.74) is 2.06. The Morgan fingerprint density at radius 2 is 1.41 bits per heavy atom. The second-order valence-electron chi connectivity index (χ2n) is 8.26. The van der Waals surface area contributed by atoms with E-state index in [1.165, 1.54) is 36.4 Å². The van der Waals surface area contributed by atoms with Crippen LogP contribution in [0.15, 0.2) is 93.3 Å². The molecular formula is C25H20K2N4O8S2. The number of amides is 1. The number of hydrazone groups is 1. The summed E-state index contributed by atoms with van der Waals surface area (Å²) >= 11 is 0. The minimum Gasteiger partial charge on any atom is -0.858 e. The van der Waals surface area contributed by atoms with Crippen molar-refractivity contribution in [1.82, 2.24) is 9.78 Å². The maximum absolute atomic E-state index is 12.8. The molecule has 0 atom stereocenters. The molecule has 1 aliphatic heterocycles. The van der Waals surface area contributed by atoms with E-state index in [-0.39, 0.29) is 108 Å². The minimum atomic E-state index is -4.61. The molecule has 3 aromatic rings. The number of hydrogen-bond acceptors (Lipinski definition) is 9. The summed E-state index contributed by atoms with van der Waals surface area (Å²) in [5, 5.41) is 22.3. The van der Waals surface area contributed by atoms with E-state index in [2.05, 4.69) is 10.2 Å². The first-order valence-corrected chi connectivity index (χ1v) is 14.0. The molecular weight excluding hydrogens is 627 g/mol. The van der Waals surface area contributed by atoms with E-state index in [0.29, 0.717) is 33.9 Å². The first-order valence-electron chi connectivity index (χ1n) is 11.1. The molecule has 16 heteroatoms. The first-order chi connectivity index (χ1) is 18.3. The molecule has 12 nitrogen and oxygen atoms in total. The maximum atomic E-state index is 12.8. The maximum Gasteiger partial charge on any atom is 1.00 e. The second-order valence-corrected chi connectivity index (χ2v) is 11.1. The molecule has 0 fully saturated rings. The molecule has 0 unspecified atom stereocenters. The van der Waals surface area contributed by atoms with Crippen molar-refractivity contribution < 1.29 is 139 Å². The molecule has 0 aliphatic carbocycles. The van der Waals surface area contributed by atoms with Crippen molar-refractivity contribution in [2.45, 2.75) is 23.6 Å². The van der Waals surface area contributed by atoms with Crippen LogP contribution in [0.3, 0.4) is 0 Å². The van der Waals surface area contributed by atoms with E-state index in [0.717, 1.165) is 34.0 Å². The Kier molecular flexibility index (Phi) is 12.8. The third kappa shape index (κ3) is 8.51. The van der Waals surface area contributed by atoms with Gasteiger partial charge in [-0.3, -0.25) is 9.35 Å². The van der Waals surface area contributed by atoms with E-state index in [4.69, 9.17) is 4.55 Å². The van der Waals surface area contributed by atoms with Gasteiger partial charge in [0.2, 0.25) is 0 Å². The van der Waals surface area contributed by atoms with Gasteiger partial charge in [0.25, 0.3) is 16.0 Å². The summed E-state index contributed by atoms with van der Waals surface area (Å²) in [6.07, 6.45) is 7.84. The van der Waals surface area contributed by atoms with Gasteiger partial charge < -0.3 is 9.66 Å². The van der Waals surface area contributed by atoms with Crippen LogP contribution >= 0.6 is 0 Å². The quantitative estimate of drug-likeness (QED) is 0.117. The van der Waals surface area contributed by atoms with Gasteiger partial charge in [-0.25, -0.2) is 13.1 Å². The third-order valence-electron chi connectivity index (χ3n) is 5.62. The number of aromatic nitrogens is 2. The Bertz CT molecular complexity index is 1790. The van der Waals surface area contributed by atoms with Crippen molar-refractivity contribution in [2.75, 3.05) is 5.01 Å². The smallest absolute Gasteiger partial charge is 0.858 e. The van der Waals surface area contributed by atoms with Crippen molar-refractivity contribution in [1.29, 1.82) is 0 Å². The monoisotopic (exact) mass is 646 g/mol. The number of aryl methyl sites for hydroxylation is 1. The Morgan fingerprint density at radius 3 is 1.98 bits per heavy atom. The van der Waals surface area contributed by atoms with Gasteiger partial charge in [-0.2, -0.15) is 23.6 Å². The van der Waals surface area contributed by atoms with E-state index in [9.17, 15) is 31.3 Å². The number of carbonyl (C=O) groups excluding carboxylic acids is 1. The van der Waals surface area contributed by atoms with Gasteiger partial charge in [0.05, 0.1) is 38.1 Å². The average Bonchev–Trinajstić information content (AvgIpc) is 3.32. The van der Waals surface area contributed by atoms with E-state index >= 15 is 0 Å². The number of benzene rings is 2. The molecule has 41 heavy (non-hydrogen) atoms. The molecule has 1 aliphatic rings. The molecule has 0 bridgehead atoms. The fourth-order valence-electron chi connectivity index (χ4n) is 3.65. The third-order valence-corrected chi connectivity index (χ3v) is 7.34. The fraction of sp³-hybridized carbons (Fsp3) is 0.0800. The largest absolute Gasteiger partial charge is 1.00 e. The van der Waals surface area contributed by atoms with Gasteiger partial charge >= 0.3 is 103 Å². The molecule has 0 saturated carbocycles. The minimum absolute atomic E-state index is 0. The molecule has 1 aromatic heterocycles. The summed E-state index contributed by atoms with van der Waals surface area (Å²) in [6, 6.07) is 9.85. The van der Waals surface area contributed by atoms with Crippen LogP contribution in [0.5, 0.6) is 5.88 Å². The van der Waals surface area contributed by atoms with Crippen LogP contribution in [0, 0.1) is 6.92 Å². The molecule has 1 N–H and O–H groups in total. The number of anilines is 1. The van der Waals surface area contributed by atoms with Crippen molar-refractivity contribution >= 4 is 43.6 Å². The number of allylic oxidation sites excluding steroid dienone is 4. The molecule has 0 spiro atoms. The van der Waals surface area contributed by atoms with Crippen LogP contribution in [0.25, 0.3) is 11.8 Å². The molecule has 0 saturated heterocycles. The summed E-state index contributed by atoms with van der Waals surface area (Å²) in [4.78, 5) is 12.1.